The lowest BCUT2D eigenvalue weighted by Gasteiger charge is -2.20. The summed E-state index contributed by atoms with van der Waals surface area (Å²) in [6.07, 6.45) is -0.345. The highest BCUT2D eigenvalue weighted by Crippen LogP contribution is 2.31. The summed E-state index contributed by atoms with van der Waals surface area (Å²) in [7, 11) is -3.75. The fraction of sp³-hybridized carbons (Fsp3) is 0.381. The van der Waals surface area contributed by atoms with Crippen LogP contribution in [0.2, 0.25) is 0 Å². The zero-order valence-electron chi connectivity index (χ0n) is 16.9. The minimum atomic E-state index is -3.75. The van der Waals surface area contributed by atoms with Crippen molar-refractivity contribution in [2.75, 3.05) is 17.9 Å². The van der Waals surface area contributed by atoms with Gasteiger partial charge >= 0.3 is 6.09 Å². The third-order valence-electron chi connectivity index (χ3n) is 5.60. The molecule has 7 heteroatoms. The van der Waals surface area contributed by atoms with Crippen molar-refractivity contribution in [2.45, 2.75) is 46.1 Å². The molecule has 1 saturated heterocycles. The lowest BCUT2D eigenvalue weighted by Crippen LogP contribution is -2.23. The second kappa shape index (κ2) is 7.47. The summed E-state index contributed by atoms with van der Waals surface area (Å²) >= 11 is 0. The number of benzene rings is 2. The first-order valence-electron chi connectivity index (χ1n) is 9.22. The maximum Gasteiger partial charge on any atom is 0.410 e. The fourth-order valence-electron chi connectivity index (χ4n) is 3.60. The van der Waals surface area contributed by atoms with Gasteiger partial charge in [-0.3, -0.25) is 4.72 Å². The van der Waals surface area contributed by atoms with Crippen LogP contribution in [0, 0.1) is 34.6 Å². The first-order chi connectivity index (χ1) is 13.1. The van der Waals surface area contributed by atoms with Crippen LogP contribution in [0.3, 0.4) is 0 Å². The normalized spacial score (nSPS) is 14.3. The molecule has 0 atom stereocenters. The van der Waals surface area contributed by atoms with Gasteiger partial charge in [-0.1, -0.05) is 12.1 Å². The van der Waals surface area contributed by atoms with Crippen molar-refractivity contribution < 1.29 is 17.9 Å². The number of sulfonamides is 1. The van der Waals surface area contributed by atoms with Gasteiger partial charge in [0.15, 0.2) is 0 Å². The van der Waals surface area contributed by atoms with Crippen LogP contribution in [0.15, 0.2) is 29.2 Å². The van der Waals surface area contributed by atoms with E-state index in [1.807, 2.05) is 40.7 Å². The van der Waals surface area contributed by atoms with Gasteiger partial charge in [0.05, 0.1) is 11.4 Å². The fourth-order valence-corrected chi connectivity index (χ4v) is 5.25. The van der Waals surface area contributed by atoms with Gasteiger partial charge < -0.3 is 9.64 Å². The first-order valence-corrected chi connectivity index (χ1v) is 10.7. The average Bonchev–Trinajstić information content (AvgIpc) is 3.03. The monoisotopic (exact) mass is 402 g/mol. The molecule has 2 aromatic rings. The standard InChI is InChI=1S/C21H26N2O4S/c1-13-14(2)16(4)20(17(5)15(13)3)28(25,26)22-19-8-6-7-18(11-19)12-23-9-10-27-21(23)24/h6-8,11,22H,9-10,12H2,1-5H3. The molecule has 3 rings (SSSR count). The van der Waals surface area contributed by atoms with Crippen molar-refractivity contribution >= 4 is 21.8 Å². The van der Waals surface area contributed by atoms with Crippen LogP contribution >= 0.6 is 0 Å². The molecule has 1 amide bonds. The third kappa shape index (κ3) is 3.71. The zero-order chi connectivity index (χ0) is 20.6. The summed E-state index contributed by atoms with van der Waals surface area (Å²) in [5.41, 5.74) is 5.94. The third-order valence-corrected chi connectivity index (χ3v) is 7.25. The molecule has 0 aromatic heterocycles. The van der Waals surface area contributed by atoms with Gasteiger partial charge in [0.25, 0.3) is 10.0 Å². The predicted molar refractivity (Wildman–Crippen MR) is 109 cm³/mol. The second-order valence-electron chi connectivity index (χ2n) is 7.30. The molecule has 1 fully saturated rings. The Morgan fingerprint density at radius 1 is 1.00 bits per heavy atom. The van der Waals surface area contributed by atoms with Crippen molar-refractivity contribution in [1.82, 2.24) is 4.90 Å². The Hall–Kier alpha value is -2.54. The Morgan fingerprint density at radius 3 is 2.18 bits per heavy atom. The van der Waals surface area contributed by atoms with E-state index < -0.39 is 10.0 Å². The highest BCUT2D eigenvalue weighted by atomic mass is 32.2. The van der Waals surface area contributed by atoms with Crippen molar-refractivity contribution in [3.63, 3.8) is 0 Å². The van der Waals surface area contributed by atoms with Crippen molar-refractivity contribution in [1.29, 1.82) is 0 Å². The number of carbonyl (C=O) groups excluding carboxylic acids is 1. The summed E-state index contributed by atoms with van der Waals surface area (Å²) in [6.45, 7) is 10.9. The van der Waals surface area contributed by atoms with Gasteiger partial charge in [0.2, 0.25) is 0 Å². The van der Waals surface area contributed by atoms with E-state index in [9.17, 15) is 13.2 Å². The Bertz CT molecular complexity index is 1020. The van der Waals surface area contributed by atoms with E-state index in [0.717, 1.165) is 33.4 Å². The number of nitrogens with zero attached hydrogens (tertiary/aromatic N) is 1. The molecule has 0 aliphatic carbocycles. The number of ether oxygens (including phenoxy) is 1. The molecule has 6 nitrogen and oxygen atoms in total. The molecular weight excluding hydrogens is 376 g/mol. The maximum atomic E-state index is 13.2. The minimum Gasteiger partial charge on any atom is -0.448 e. The van der Waals surface area contributed by atoms with E-state index in [0.29, 0.717) is 30.3 Å². The van der Waals surface area contributed by atoms with Gasteiger partial charge in [-0.15, -0.1) is 0 Å². The molecule has 0 unspecified atom stereocenters. The van der Waals surface area contributed by atoms with Gasteiger partial charge in [0, 0.05) is 12.2 Å². The maximum absolute atomic E-state index is 13.2. The molecule has 2 aromatic carbocycles. The highest BCUT2D eigenvalue weighted by molar-refractivity contribution is 7.92. The minimum absolute atomic E-state index is 0.335. The van der Waals surface area contributed by atoms with Gasteiger partial charge in [-0.05, 0) is 80.1 Å². The SMILES string of the molecule is Cc1c(C)c(C)c(S(=O)(=O)Nc2cccc(CN3CCOC3=O)c2)c(C)c1C. The van der Waals surface area contributed by atoms with E-state index in [1.54, 1.807) is 23.1 Å². The summed E-state index contributed by atoms with van der Waals surface area (Å²) in [5.74, 6) is 0. The van der Waals surface area contributed by atoms with Gasteiger partial charge in [-0.2, -0.15) is 0 Å². The number of hydrogen-bond donors (Lipinski definition) is 1. The summed E-state index contributed by atoms with van der Waals surface area (Å²) in [5, 5.41) is 0. The molecular formula is C21H26N2O4S. The van der Waals surface area contributed by atoms with Crippen molar-refractivity contribution in [3.8, 4) is 0 Å². The largest absolute Gasteiger partial charge is 0.448 e. The second-order valence-corrected chi connectivity index (χ2v) is 8.92. The summed E-state index contributed by atoms with van der Waals surface area (Å²) < 4.78 is 34.0. The Balaban J connectivity index is 1.92. The molecule has 28 heavy (non-hydrogen) atoms. The number of nitrogens with one attached hydrogen (secondary N) is 1. The Labute approximate surface area is 166 Å². The van der Waals surface area contributed by atoms with E-state index in [4.69, 9.17) is 4.74 Å². The lowest BCUT2D eigenvalue weighted by atomic mass is 9.95. The Morgan fingerprint density at radius 2 is 1.61 bits per heavy atom. The number of cyclic esters (lactones) is 1. The molecule has 0 spiro atoms. The topological polar surface area (TPSA) is 75.7 Å². The molecule has 0 radical (unpaired) electrons. The smallest absolute Gasteiger partial charge is 0.410 e. The van der Waals surface area contributed by atoms with Crippen LogP contribution in [-0.4, -0.2) is 32.6 Å². The first kappa shape index (κ1) is 20.2. The van der Waals surface area contributed by atoms with E-state index in [1.165, 1.54) is 0 Å². The predicted octanol–water partition coefficient (Wildman–Crippen LogP) is 3.98. The number of carbonyl (C=O) groups is 1. The summed E-state index contributed by atoms with van der Waals surface area (Å²) in [6, 6.07) is 7.10. The van der Waals surface area contributed by atoms with E-state index in [2.05, 4.69) is 4.72 Å². The molecule has 0 saturated carbocycles. The van der Waals surface area contributed by atoms with Gasteiger partial charge in [-0.25, -0.2) is 13.2 Å². The van der Waals surface area contributed by atoms with Crippen LogP contribution in [0.5, 0.6) is 0 Å². The molecule has 1 aliphatic rings. The summed E-state index contributed by atoms with van der Waals surface area (Å²) in [4.78, 5) is 13.6. The van der Waals surface area contributed by atoms with Crippen LogP contribution in [0.4, 0.5) is 10.5 Å². The number of anilines is 1. The van der Waals surface area contributed by atoms with Gasteiger partial charge in [0.1, 0.15) is 6.61 Å². The van der Waals surface area contributed by atoms with Crippen molar-refractivity contribution in [2.24, 2.45) is 0 Å². The van der Waals surface area contributed by atoms with Crippen LogP contribution in [-0.2, 0) is 21.3 Å². The number of rotatable bonds is 5. The van der Waals surface area contributed by atoms with Crippen molar-refractivity contribution in [3.05, 3.63) is 57.6 Å². The molecule has 150 valence electrons. The Kier molecular flexibility index (Phi) is 5.39. The van der Waals surface area contributed by atoms with E-state index in [-0.39, 0.29) is 6.09 Å². The van der Waals surface area contributed by atoms with Crippen LogP contribution < -0.4 is 4.72 Å². The number of hydrogen-bond acceptors (Lipinski definition) is 4. The zero-order valence-corrected chi connectivity index (χ0v) is 17.7. The van der Waals surface area contributed by atoms with Crippen LogP contribution in [0.25, 0.3) is 0 Å². The molecule has 1 heterocycles. The highest BCUT2D eigenvalue weighted by Gasteiger charge is 2.25. The lowest BCUT2D eigenvalue weighted by molar-refractivity contribution is 0.157. The number of amides is 1. The molecule has 1 aliphatic heterocycles. The quantitative estimate of drug-likeness (QED) is 0.821. The molecule has 1 N–H and O–H groups in total. The average molecular weight is 403 g/mol. The van der Waals surface area contributed by atoms with E-state index >= 15 is 0 Å². The molecule has 0 bridgehead atoms. The van der Waals surface area contributed by atoms with Crippen LogP contribution in [0.1, 0.15) is 33.4 Å².